The summed E-state index contributed by atoms with van der Waals surface area (Å²) in [4.78, 5) is 9.49. The van der Waals surface area contributed by atoms with Crippen molar-refractivity contribution in [3.8, 4) is 0 Å². The minimum Gasteiger partial charge on any atom is -0.370 e. The van der Waals surface area contributed by atoms with Crippen molar-refractivity contribution in [2.45, 2.75) is 36.6 Å². The number of nitrogens with zero attached hydrogens (tertiary/aromatic N) is 2. The summed E-state index contributed by atoms with van der Waals surface area (Å²) in [7, 11) is 0. The molecule has 6 heteroatoms. The van der Waals surface area contributed by atoms with Gasteiger partial charge in [0.15, 0.2) is 11.6 Å². The summed E-state index contributed by atoms with van der Waals surface area (Å²) < 4.78 is 26.2. The minimum atomic E-state index is -0.856. The van der Waals surface area contributed by atoms with Gasteiger partial charge in [0.1, 0.15) is 16.7 Å². The van der Waals surface area contributed by atoms with Gasteiger partial charge in [-0.15, -0.1) is 0 Å². The van der Waals surface area contributed by atoms with E-state index in [9.17, 15) is 8.78 Å². The van der Waals surface area contributed by atoms with E-state index in [0.717, 1.165) is 24.3 Å². The van der Waals surface area contributed by atoms with Crippen LogP contribution in [0.15, 0.2) is 34.2 Å². The van der Waals surface area contributed by atoms with Crippen molar-refractivity contribution in [2.75, 3.05) is 11.9 Å². The molecule has 1 heterocycles. The SMILES string of the molecule is CCNc1cc(Sc2ccc(F)c(F)c2)nc(C(C)C)n1. The van der Waals surface area contributed by atoms with Crippen LogP contribution in [0.1, 0.15) is 32.5 Å². The van der Waals surface area contributed by atoms with Crippen molar-refractivity contribution in [3.05, 3.63) is 41.7 Å². The second-order valence-electron chi connectivity index (χ2n) is 4.81. The molecule has 2 rings (SSSR count). The molecule has 0 unspecified atom stereocenters. The van der Waals surface area contributed by atoms with Crippen LogP contribution in [0.5, 0.6) is 0 Å². The Morgan fingerprint density at radius 2 is 1.90 bits per heavy atom. The van der Waals surface area contributed by atoms with Crippen LogP contribution in [-0.4, -0.2) is 16.5 Å². The van der Waals surface area contributed by atoms with E-state index < -0.39 is 11.6 Å². The molecule has 21 heavy (non-hydrogen) atoms. The molecule has 2 aromatic rings. The lowest BCUT2D eigenvalue weighted by Crippen LogP contribution is -2.05. The van der Waals surface area contributed by atoms with Gasteiger partial charge in [-0.25, -0.2) is 18.7 Å². The third-order valence-corrected chi connectivity index (χ3v) is 3.62. The van der Waals surface area contributed by atoms with Gasteiger partial charge in [0, 0.05) is 23.4 Å². The van der Waals surface area contributed by atoms with Gasteiger partial charge in [0.2, 0.25) is 0 Å². The van der Waals surface area contributed by atoms with E-state index in [4.69, 9.17) is 0 Å². The Hall–Kier alpha value is -1.69. The molecule has 0 spiro atoms. The molecule has 1 aromatic carbocycles. The number of nitrogens with one attached hydrogen (secondary N) is 1. The van der Waals surface area contributed by atoms with Crippen LogP contribution in [0, 0.1) is 11.6 Å². The second-order valence-corrected chi connectivity index (χ2v) is 5.91. The van der Waals surface area contributed by atoms with Crippen LogP contribution in [0.25, 0.3) is 0 Å². The number of anilines is 1. The van der Waals surface area contributed by atoms with Crippen LogP contribution in [0.3, 0.4) is 0 Å². The lowest BCUT2D eigenvalue weighted by atomic mass is 10.2. The van der Waals surface area contributed by atoms with Crippen molar-refractivity contribution in [1.82, 2.24) is 9.97 Å². The zero-order chi connectivity index (χ0) is 15.4. The lowest BCUT2D eigenvalue weighted by Gasteiger charge is -2.10. The van der Waals surface area contributed by atoms with Crippen LogP contribution >= 0.6 is 11.8 Å². The maximum absolute atomic E-state index is 13.3. The maximum atomic E-state index is 13.3. The highest BCUT2D eigenvalue weighted by Crippen LogP contribution is 2.29. The summed E-state index contributed by atoms with van der Waals surface area (Å²) >= 11 is 1.28. The quantitative estimate of drug-likeness (QED) is 0.827. The number of benzene rings is 1. The molecule has 1 N–H and O–H groups in total. The molecule has 0 aliphatic heterocycles. The Morgan fingerprint density at radius 1 is 1.14 bits per heavy atom. The van der Waals surface area contributed by atoms with E-state index in [0.29, 0.717) is 9.92 Å². The normalized spacial score (nSPS) is 11.0. The lowest BCUT2D eigenvalue weighted by molar-refractivity contribution is 0.506. The molecule has 0 aliphatic carbocycles. The second kappa shape index (κ2) is 6.85. The van der Waals surface area contributed by atoms with Crippen LogP contribution < -0.4 is 5.32 Å². The van der Waals surface area contributed by atoms with Gasteiger partial charge in [0.25, 0.3) is 0 Å². The van der Waals surface area contributed by atoms with Crippen molar-refractivity contribution < 1.29 is 8.78 Å². The van der Waals surface area contributed by atoms with Gasteiger partial charge in [-0.2, -0.15) is 0 Å². The Kier molecular flexibility index (Phi) is 5.12. The fourth-order valence-electron chi connectivity index (χ4n) is 1.69. The highest BCUT2D eigenvalue weighted by molar-refractivity contribution is 7.99. The van der Waals surface area contributed by atoms with E-state index in [-0.39, 0.29) is 5.92 Å². The molecule has 0 amide bonds. The third kappa shape index (κ3) is 4.14. The molecular formula is C15H17F2N3S. The summed E-state index contributed by atoms with van der Waals surface area (Å²) in [5, 5.41) is 3.86. The Morgan fingerprint density at radius 3 is 2.52 bits per heavy atom. The van der Waals surface area contributed by atoms with Crippen LogP contribution in [0.4, 0.5) is 14.6 Å². The van der Waals surface area contributed by atoms with Gasteiger partial charge < -0.3 is 5.32 Å². The average molecular weight is 309 g/mol. The first kappa shape index (κ1) is 15.7. The monoisotopic (exact) mass is 309 g/mol. The molecule has 112 valence electrons. The molecule has 1 aromatic heterocycles. The van der Waals surface area contributed by atoms with E-state index in [1.54, 1.807) is 6.07 Å². The predicted molar refractivity (Wildman–Crippen MR) is 80.8 cm³/mol. The largest absolute Gasteiger partial charge is 0.370 e. The van der Waals surface area contributed by atoms with Crippen LogP contribution in [-0.2, 0) is 0 Å². The summed E-state index contributed by atoms with van der Waals surface area (Å²) in [6.45, 7) is 6.76. The van der Waals surface area contributed by atoms with E-state index in [1.807, 2.05) is 20.8 Å². The number of rotatable bonds is 5. The highest BCUT2D eigenvalue weighted by Gasteiger charge is 2.10. The molecule has 0 atom stereocenters. The van der Waals surface area contributed by atoms with E-state index in [1.165, 1.54) is 23.9 Å². The highest BCUT2D eigenvalue weighted by atomic mass is 32.2. The van der Waals surface area contributed by atoms with Gasteiger partial charge in [-0.3, -0.25) is 0 Å². The van der Waals surface area contributed by atoms with E-state index >= 15 is 0 Å². The Balaban J connectivity index is 2.31. The van der Waals surface area contributed by atoms with E-state index in [2.05, 4.69) is 15.3 Å². The number of hydrogen-bond donors (Lipinski definition) is 1. The summed E-state index contributed by atoms with van der Waals surface area (Å²) in [6.07, 6.45) is 0. The van der Waals surface area contributed by atoms with Crippen LogP contribution in [0.2, 0.25) is 0 Å². The fourth-order valence-corrected chi connectivity index (χ4v) is 2.54. The fraction of sp³-hybridized carbons (Fsp3) is 0.333. The Bertz CT molecular complexity index is 632. The summed E-state index contributed by atoms with van der Waals surface area (Å²) in [6, 6.07) is 5.63. The smallest absolute Gasteiger partial charge is 0.159 e. The summed E-state index contributed by atoms with van der Waals surface area (Å²) in [5.41, 5.74) is 0. The minimum absolute atomic E-state index is 0.188. The zero-order valence-electron chi connectivity index (χ0n) is 12.2. The molecule has 0 saturated heterocycles. The number of halogens is 2. The Labute approximate surface area is 127 Å². The first-order valence-electron chi connectivity index (χ1n) is 6.75. The van der Waals surface area contributed by atoms with Crippen molar-refractivity contribution in [1.29, 1.82) is 0 Å². The summed E-state index contributed by atoms with van der Waals surface area (Å²) in [5.74, 6) is -0.0592. The third-order valence-electron chi connectivity index (χ3n) is 2.71. The topological polar surface area (TPSA) is 37.8 Å². The maximum Gasteiger partial charge on any atom is 0.159 e. The van der Waals surface area contributed by atoms with Gasteiger partial charge in [0.05, 0.1) is 0 Å². The molecular weight excluding hydrogens is 292 g/mol. The molecule has 3 nitrogen and oxygen atoms in total. The molecule has 0 fully saturated rings. The molecule has 0 radical (unpaired) electrons. The standard InChI is InChI=1S/C15H17F2N3S/c1-4-18-13-8-14(20-15(19-13)9(2)3)21-10-5-6-11(16)12(17)7-10/h5-9H,4H2,1-3H3,(H,18,19,20). The zero-order valence-corrected chi connectivity index (χ0v) is 13.0. The molecule has 0 bridgehead atoms. The van der Waals surface area contributed by atoms with Gasteiger partial charge in [-0.1, -0.05) is 25.6 Å². The van der Waals surface area contributed by atoms with Crippen molar-refractivity contribution in [3.63, 3.8) is 0 Å². The first-order valence-corrected chi connectivity index (χ1v) is 7.57. The number of hydrogen-bond acceptors (Lipinski definition) is 4. The first-order chi connectivity index (χ1) is 9.99. The predicted octanol–water partition coefficient (Wildman–Crippen LogP) is 4.46. The number of aromatic nitrogens is 2. The molecule has 0 aliphatic rings. The van der Waals surface area contributed by atoms with Crippen molar-refractivity contribution in [2.24, 2.45) is 0 Å². The van der Waals surface area contributed by atoms with Crippen molar-refractivity contribution >= 4 is 17.6 Å². The average Bonchev–Trinajstić information content (AvgIpc) is 2.43. The molecule has 0 saturated carbocycles. The van der Waals surface area contributed by atoms with Gasteiger partial charge >= 0.3 is 0 Å². The van der Waals surface area contributed by atoms with Gasteiger partial charge in [-0.05, 0) is 25.1 Å².